The number of aliphatic hydroxyl groups excluding tert-OH is 1. The normalized spacial score (nSPS) is 27.8. The molecule has 1 heterocycles. The van der Waals surface area contributed by atoms with Crippen LogP contribution in [0.2, 0.25) is 0 Å². The second-order valence-corrected chi connectivity index (χ2v) is 4.75. The van der Waals surface area contributed by atoms with Crippen molar-refractivity contribution in [2.45, 2.75) is 25.9 Å². The van der Waals surface area contributed by atoms with Gasteiger partial charge in [0.25, 0.3) is 0 Å². The van der Waals surface area contributed by atoms with Gasteiger partial charge in [0.05, 0.1) is 39.1 Å². The van der Waals surface area contributed by atoms with Gasteiger partial charge >= 0.3 is 0 Å². The molecule has 0 saturated carbocycles. The van der Waals surface area contributed by atoms with E-state index in [1.54, 1.807) is 7.11 Å². The fourth-order valence-electron chi connectivity index (χ4n) is 2.17. The fraction of sp³-hybridized carbons (Fsp3) is 1.00. The van der Waals surface area contributed by atoms with E-state index in [4.69, 9.17) is 18.9 Å². The molecule has 0 aromatic heterocycles. The quantitative estimate of drug-likeness (QED) is 0.591. The molecule has 18 heavy (non-hydrogen) atoms. The minimum Gasteiger partial charge on any atom is -0.396 e. The number of methoxy groups -OCH3 is 1. The molecule has 0 aliphatic carbocycles. The Bertz CT molecular complexity index is 212. The van der Waals surface area contributed by atoms with Crippen molar-refractivity contribution < 1.29 is 24.1 Å². The Morgan fingerprint density at radius 1 is 1.17 bits per heavy atom. The smallest absolute Gasteiger partial charge is 0.0701 e. The third kappa shape index (κ3) is 4.82. The first kappa shape index (κ1) is 15.9. The Morgan fingerprint density at radius 2 is 1.83 bits per heavy atom. The summed E-state index contributed by atoms with van der Waals surface area (Å²) in [6, 6.07) is 0. The zero-order chi connectivity index (χ0) is 13.3. The number of aliphatic hydroxyl groups is 1. The zero-order valence-electron chi connectivity index (χ0n) is 11.5. The highest BCUT2D eigenvalue weighted by molar-refractivity contribution is 4.88. The zero-order valence-corrected chi connectivity index (χ0v) is 11.5. The van der Waals surface area contributed by atoms with Crippen molar-refractivity contribution in [2.75, 3.05) is 53.4 Å². The molecule has 1 N–H and O–H groups in total. The van der Waals surface area contributed by atoms with Crippen molar-refractivity contribution >= 4 is 0 Å². The second kappa shape index (κ2) is 8.82. The van der Waals surface area contributed by atoms with E-state index in [9.17, 15) is 5.11 Å². The van der Waals surface area contributed by atoms with E-state index >= 15 is 0 Å². The maximum Gasteiger partial charge on any atom is 0.0701 e. The lowest BCUT2D eigenvalue weighted by Crippen LogP contribution is -2.34. The molecule has 1 saturated heterocycles. The topological polar surface area (TPSA) is 57.2 Å². The summed E-state index contributed by atoms with van der Waals surface area (Å²) in [5.41, 5.74) is -0.114. The van der Waals surface area contributed by atoms with Gasteiger partial charge in [-0.3, -0.25) is 0 Å². The number of hydrogen-bond acceptors (Lipinski definition) is 5. The van der Waals surface area contributed by atoms with Crippen molar-refractivity contribution in [3.05, 3.63) is 0 Å². The molecule has 1 rings (SSSR count). The van der Waals surface area contributed by atoms with Gasteiger partial charge in [-0.05, 0) is 19.8 Å². The maximum atomic E-state index is 9.51. The molecule has 1 aliphatic rings. The summed E-state index contributed by atoms with van der Waals surface area (Å²) in [5, 5.41) is 9.51. The number of ether oxygens (including phenoxy) is 4. The molecule has 1 aliphatic heterocycles. The van der Waals surface area contributed by atoms with E-state index in [0.717, 1.165) is 19.4 Å². The fourth-order valence-corrected chi connectivity index (χ4v) is 2.17. The van der Waals surface area contributed by atoms with Gasteiger partial charge in [0.15, 0.2) is 0 Å². The SMILES string of the molecule is COCCOCCOCCC1(CO)CCOC1C. The van der Waals surface area contributed by atoms with Gasteiger partial charge in [-0.25, -0.2) is 0 Å². The van der Waals surface area contributed by atoms with Crippen molar-refractivity contribution in [1.82, 2.24) is 0 Å². The molecule has 5 nitrogen and oxygen atoms in total. The predicted octanol–water partition coefficient (Wildman–Crippen LogP) is 0.844. The van der Waals surface area contributed by atoms with Crippen LogP contribution in [0.1, 0.15) is 19.8 Å². The van der Waals surface area contributed by atoms with Crippen LogP contribution in [0.5, 0.6) is 0 Å². The molecule has 0 bridgehead atoms. The number of rotatable bonds is 10. The molecule has 108 valence electrons. The highest BCUT2D eigenvalue weighted by atomic mass is 16.5. The minimum atomic E-state index is -0.114. The Kier molecular flexibility index (Phi) is 7.77. The van der Waals surface area contributed by atoms with Crippen LogP contribution in [0.3, 0.4) is 0 Å². The summed E-state index contributed by atoms with van der Waals surface area (Å²) in [4.78, 5) is 0. The van der Waals surface area contributed by atoms with Gasteiger partial charge in [-0.1, -0.05) is 0 Å². The van der Waals surface area contributed by atoms with Gasteiger partial charge in [0.1, 0.15) is 0 Å². The first-order chi connectivity index (χ1) is 8.75. The molecule has 5 heteroatoms. The standard InChI is InChI=1S/C13H26O5/c1-12-13(11-14,4-6-18-12)3-5-16-9-10-17-8-7-15-2/h12,14H,3-11H2,1-2H3. The van der Waals surface area contributed by atoms with Gasteiger partial charge in [-0.15, -0.1) is 0 Å². The lowest BCUT2D eigenvalue weighted by molar-refractivity contribution is -0.0130. The average molecular weight is 262 g/mol. The Labute approximate surface area is 109 Å². The van der Waals surface area contributed by atoms with E-state index in [1.165, 1.54) is 0 Å². The van der Waals surface area contributed by atoms with Gasteiger partial charge in [-0.2, -0.15) is 0 Å². The summed E-state index contributed by atoms with van der Waals surface area (Å²) in [6.07, 6.45) is 1.87. The van der Waals surface area contributed by atoms with E-state index < -0.39 is 0 Å². The molecule has 1 fully saturated rings. The first-order valence-electron chi connectivity index (χ1n) is 6.62. The van der Waals surface area contributed by atoms with E-state index in [2.05, 4.69) is 0 Å². The van der Waals surface area contributed by atoms with Crippen molar-refractivity contribution in [3.63, 3.8) is 0 Å². The lowest BCUT2D eigenvalue weighted by atomic mass is 9.80. The van der Waals surface area contributed by atoms with Crippen LogP contribution in [-0.4, -0.2) is 64.6 Å². The summed E-state index contributed by atoms with van der Waals surface area (Å²) < 4.78 is 21.2. The Hall–Kier alpha value is -0.200. The molecule has 0 aromatic carbocycles. The number of hydrogen-bond donors (Lipinski definition) is 1. The third-order valence-corrected chi connectivity index (χ3v) is 3.69. The van der Waals surface area contributed by atoms with E-state index in [0.29, 0.717) is 33.0 Å². The molecular weight excluding hydrogens is 236 g/mol. The second-order valence-electron chi connectivity index (χ2n) is 4.75. The predicted molar refractivity (Wildman–Crippen MR) is 67.7 cm³/mol. The molecular formula is C13H26O5. The van der Waals surface area contributed by atoms with Crippen LogP contribution in [-0.2, 0) is 18.9 Å². The van der Waals surface area contributed by atoms with Gasteiger partial charge < -0.3 is 24.1 Å². The van der Waals surface area contributed by atoms with Crippen LogP contribution in [0.4, 0.5) is 0 Å². The largest absolute Gasteiger partial charge is 0.396 e. The highest BCUT2D eigenvalue weighted by Gasteiger charge is 2.40. The van der Waals surface area contributed by atoms with Gasteiger partial charge in [0.2, 0.25) is 0 Å². The van der Waals surface area contributed by atoms with Crippen LogP contribution in [0.25, 0.3) is 0 Å². The molecule has 0 amide bonds. The summed E-state index contributed by atoms with van der Waals surface area (Å²) in [5.74, 6) is 0. The van der Waals surface area contributed by atoms with Crippen molar-refractivity contribution in [3.8, 4) is 0 Å². The maximum absolute atomic E-state index is 9.51. The first-order valence-corrected chi connectivity index (χ1v) is 6.62. The lowest BCUT2D eigenvalue weighted by Gasteiger charge is -2.29. The molecule has 0 radical (unpaired) electrons. The molecule has 0 aromatic rings. The summed E-state index contributed by atoms with van der Waals surface area (Å²) in [6.45, 7) is 5.96. The van der Waals surface area contributed by atoms with E-state index in [-0.39, 0.29) is 18.1 Å². The average Bonchev–Trinajstić information content (AvgIpc) is 2.75. The van der Waals surface area contributed by atoms with Crippen LogP contribution in [0, 0.1) is 5.41 Å². The summed E-state index contributed by atoms with van der Waals surface area (Å²) >= 11 is 0. The molecule has 2 unspecified atom stereocenters. The van der Waals surface area contributed by atoms with Gasteiger partial charge in [0, 0.05) is 25.7 Å². The Balaban J connectivity index is 2.03. The van der Waals surface area contributed by atoms with Crippen molar-refractivity contribution in [1.29, 1.82) is 0 Å². The monoisotopic (exact) mass is 262 g/mol. The highest BCUT2D eigenvalue weighted by Crippen LogP contribution is 2.37. The van der Waals surface area contributed by atoms with Crippen molar-refractivity contribution in [2.24, 2.45) is 5.41 Å². The van der Waals surface area contributed by atoms with Crippen LogP contribution < -0.4 is 0 Å². The summed E-state index contributed by atoms with van der Waals surface area (Å²) in [7, 11) is 1.65. The minimum absolute atomic E-state index is 0.114. The Morgan fingerprint density at radius 3 is 2.39 bits per heavy atom. The van der Waals surface area contributed by atoms with E-state index in [1.807, 2.05) is 6.92 Å². The molecule has 2 atom stereocenters. The molecule has 0 spiro atoms. The van der Waals surface area contributed by atoms with Crippen LogP contribution in [0.15, 0.2) is 0 Å². The van der Waals surface area contributed by atoms with Crippen LogP contribution >= 0.6 is 0 Å². The third-order valence-electron chi connectivity index (χ3n) is 3.69.